The largest absolute Gasteiger partial charge is 1.00 e. The van der Waals surface area contributed by atoms with E-state index in [1.807, 2.05) is 48.6 Å². The Kier molecular flexibility index (Phi) is 8.13. The SMILES string of the molecule is Oc1ccccc1C=C1C=CC=CC1[N]=[Ti+2].[Cl-].[Cl-]. The minimum atomic E-state index is 0. The molecule has 0 spiro atoms. The van der Waals surface area contributed by atoms with Crippen molar-refractivity contribution in [1.82, 2.24) is 0 Å². The summed E-state index contributed by atoms with van der Waals surface area (Å²) in [5.74, 6) is 0.299. The van der Waals surface area contributed by atoms with Gasteiger partial charge in [-0.15, -0.1) is 0 Å². The molecule has 0 aromatic heterocycles. The second-order valence-electron chi connectivity index (χ2n) is 3.52. The third-order valence-electron chi connectivity index (χ3n) is 2.43. The maximum Gasteiger partial charge on any atom is -1.00 e. The van der Waals surface area contributed by atoms with Crippen molar-refractivity contribution in [2.75, 3.05) is 0 Å². The molecule has 1 aromatic rings. The number of aromatic hydroxyl groups is 1. The zero-order chi connectivity index (χ0) is 11.4. The third-order valence-corrected chi connectivity index (χ3v) is 2.87. The summed E-state index contributed by atoms with van der Waals surface area (Å²) in [7, 11) is 0. The molecule has 1 unspecified atom stereocenters. The molecule has 2 nitrogen and oxygen atoms in total. The van der Waals surface area contributed by atoms with Crippen LogP contribution in [0.5, 0.6) is 5.75 Å². The van der Waals surface area contributed by atoms with Crippen molar-refractivity contribution in [3.8, 4) is 5.75 Å². The Labute approximate surface area is 131 Å². The quantitative estimate of drug-likeness (QED) is 0.580. The molecular weight excluding hydrogens is 305 g/mol. The van der Waals surface area contributed by atoms with Crippen LogP contribution in [0, 0.1) is 0 Å². The van der Waals surface area contributed by atoms with E-state index in [9.17, 15) is 5.11 Å². The van der Waals surface area contributed by atoms with Gasteiger partial charge in [0, 0.05) is 0 Å². The summed E-state index contributed by atoms with van der Waals surface area (Å²) in [6.45, 7) is 0. The maximum absolute atomic E-state index is 9.68. The van der Waals surface area contributed by atoms with Crippen molar-refractivity contribution in [3.63, 3.8) is 0 Å². The molecule has 1 aromatic carbocycles. The van der Waals surface area contributed by atoms with Crippen molar-refractivity contribution in [2.24, 2.45) is 3.42 Å². The Balaban J connectivity index is 0.00000144. The Bertz CT molecular complexity index is 498. The molecule has 0 saturated heterocycles. The van der Waals surface area contributed by atoms with E-state index in [0.29, 0.717) is 5.75 Å². The van der Waals surface area contributed by atoms with Crippen LogP contribution in [0.3, 0.4) is 0 Å². The first-order chi connectivity index (χ1) is 7.81. The summed E-state index contributed by atoms with van der Waals surface area (Å²) < 4.78 is 4.27. The number of phenols is 1. The number of benzene rings is 1. The van der Waals surface area contributed by atoms with E-state index in [1.165, 1.54) is 0 Å². The van der Waals surface area contributed by atoms with Gasteiger partial charge in [-0.1, -0.05) is 0 Å². The van der Waals surface area contributed by atoms with E-state index < -0.39 is 0 Å². The second-order valence-corrected chi connectivity index (χ2v) is 3.92. The van der Waals surface area contributed by atoms with Gasteiger partial charge in [0.15, 0.2) is 0 Å². The first-order valence-electron chi connectivity index (χ1n) is 5.02. The molecule has 1 aliphatic carbocycles. The zero-order valence-corrected chi connectivity index (χ0v) is 12.5. The average Bonchev–Trinajstić information content (AvgIpc) is 2.33. The van der Waals surface area contributed by atoms with Crippen LogP contribution in [0.15, 0.2) is 57.6 Å². The molecule has 0 fully saturated rings. The van der Waals surface area contributed by atoms with E-state index in [1.54, 1.807) is 26.3 Å². The summed E-state index contributed by atoms with van der Waals surface area (Å²) in [5.41, 5.74) is 1.91. The number of allylic oxidation sites excluding steroid dienone is 2. The fourth-order valence-corrected chi connectivity index (χ4v) is 1.95. The predicted octanol–water partition coefficient (Wildman–Crippen LogP) is -2.99. The number of nitrogens with zero attached hydrogens (tertiary/aromatic N) is 1. The van der Waals surface area contributed by atoms with Crippen LogP contribution in [-0.2, 0) is 20.3 Å². The molecule has 18 heavy (non-hydrogen) atoms. The van der Waals surface area contributed by atoms with Crippen molar-refractivity contribution < 1.29 is 50.2 Å². The monoisotopic (exact) mass is 315 g/mol. The van der Waals surface area contributed by atoms with Crippen LogP contribution in [0.25, 0.3) is 6.08 Å². The normalized spacial score (nSPS) is 19.0. The Morgan fingerprint density at radius 1 is 1.17 bits per heavy atom. The summed E-state index contributed by atoms with van der Waals surface area (Å²) in [6, 6.07) is 7.39. The van der Waals surface area contributed by atoms with Crippen molar-refractivity contribution in [1.29, 1.82) is 0 Å². The van der Waals surface area contributed by atoms with Gasteiger partial charge >= 0.3 is 106 Å². The molecule has 0 amide bonds. The number of hydrogen-bond donors (Lipinski definition) is 1. The van der Waals surface area contributed by atoms with Crippen LogP contribution in [0.1, 0.15) is 5.56 Å². The van der Waals surface area contributed by atoms with Gasteiger partial charge in [-0.05, 0) is 0 Å². The number of rotatable bonds is 2. The van der Waals surface area contributed by atoms with E-state index in [-0.39, 0.29) is 30.9 Å². The molecule has 92 valence electrons. The minimum Gasteiger partial charge on any atom is -1.00 e. The van der Waals surface area contributed by atoms with Crippen molar-refractivity contribution in [2.45, 2.75) is 6.04 Å². The van der Waals surface area contributed by atoms with Crippen molar-refractivity contribution >= 4 is 6.08 Å². The first-order valence-corrected chi connectivity index (χ1v) is 5.72. The van der Waals surface area contributed by atoms with E-state index in [0.717, 1.165) is 11.1 Å². The number of phenolic OH excluding ortho intramolecular Hbond substituents is 1. The van der Waals surface area contributed by atoms with E-state index in [2.05, 4.69) is 3.42 Å². The molecule has 1 aliphatic rings. The summed E-state index contributed by atoms with van der Waals surface area (Å²) in [4.78, 5) is 0. The van der Waals surface area contributed by atoms with Crippen molar-refractivity contribution in [3.05, 3.63) is 59.7 Å². The van der Waals surface area contributed by atoms with Gasteiger partial charge in [-0.3, -0.25) is 0 Å². The molecule has 0 bridgehead atoms. The van der Waals surface area contributed by atoms with Gasteiger partial charge in [0.1, 0.15) is 0 Å². The van der Waals surface area contributed by atoms with Crippen LogP contribution in [-0.4, -0.2) is 11.1 Å². The van der Waals surface area contributed by atoms with Gasteiger partial charge < -0.3 is 24.8 Å². The Hall–Kier alpha value is -0.666. The van der Waals surface area contributed by atoms with E-state index in [4.69, 9.17) is 0 Å². The number of para-hydroxylation sites is 1. The van der Waals surface area contributed by atoms with Gasteiger partial charge in [-0.2, -0.15) is 0 Å². The summed E-state index contributed by atoms with van der Waals surface area (Å²) in [6.07, 6.45) is 9.98. The van der Waals surface area contributed by atoms with Gasteiger partial charge in [-0.25, -0.2) is 0 Å². The van der Waals surface area contributed by atoms with Crippen LogP contribution in [0.2, 0.25) is 0 Å². The molecule has 0 heterocycles. The fraction of sp³-hybridized carbons (Fsp3) is 0.0769. The Morgan fingerprint density at radius 2 is 1.89 bits per heavy atom. The molecule has 0 radical (unpaired) electrons. The first kappa shape index (κ1) is 17.3. The molecule has 1 N–H and O–H groups in total. The molecule has 2 rings (SSSR count). The minimum absolute atomic E-state index is 0. The molecule has 5 heteroatoms. The summed E-state index contributed by atoms with van der Waals surface area (Å²) >= 11 is 1.80. The van der Waals surface area contributed by atoms with Crippen LogP contribution >= 0.6 is 0 Å². The smallest absolute Gasteiger partial charge is 1.00 e. The molecule has 1 atom stereocenters. The fourth-order valence-electron chi connectivity index (χ4n) is 1.59. The predicted molar refractivity (Wildman–Crippen MR) is 60.6 cm³/mol. The van der Waals surface area contributed by atoms with E-state index >= 15 is 0 Å². The number of halogens is 2. The topological polar surface area (TPSA) is 32.6 Å². The summed E-state index contributed by atoms with van der Waals surface area (Å²) in [5, 5.41) is 9.68. The maximum atomic E-state index is 9.68. The second kappa shape index (κ2) is 8.44. The standard InChI is InChI=1S/C13H11NO.2ClH.Ti/c14-12-7-3-1-5-10(12)9-11-6-2-4-8-13(11)15;;;/h1-9,12,15H;2*1H;/q;;;+2/p-2. The molecular formula is C13H11Cl2NOTi. The van der Waals surface area contributed by atoms with Crippen LogP contribution in [0.4, 0.5) is 0 Å². The van der Waals surface area contributed by atoms with Gasteiger partial charge in [0.2, 0.25) is 0 Å². The zero-order valence-electron chi connectivity index (χ0n) is 9.42. The van der Waals surface area contributed by atoms with Gasteiger partial charge in [0.25, 0.3) is 0 Å². The Morgan fingerprint density at radius 3 is 2.56 bits per heavy atom. The third kappa shape index (κ3) is 4.22. The number of hydrogen-bond acceptors (Lipinski definition) is 2. The molecule has 0 aliphatic heterocycles. The molecule has 0 saturated carbocycles. The average molecular weight is 316 g/mol. The van der Waals surface area contributed by atoms with Gasteiger partial charge in [0.05, 0.1) is 0 Å². The van der Waals surface area contributed by atoms with Crippen LogP contribution < -0.4 is 24.8 Å².